The van der Waals surface area contributed by atoms with Crippen molar-refractivity contribution >= 4 is 22.9 Å². The van der Waals surface area contributed by atoms with E-state index in [9.17, 15) is 4.79 Å². The van der Waals surface area contributed by atoms with Crippen LogP contribution >= 0.6 is 11.3 Å². The van der Waals surface area contributed by atoms with Gasteiger partial charge in [0.2, 0.25) is 0 Å². The van der Waals surface area contributed by atoms with Crippen LogP contribution in [-0.4, -0.2) is 10.9 Å². The Bertz CT molecular complexity index is 577. The van der Waals surface area contributed by atoms with Gasteiger partial charge in [0.1, 0.15) is 5.01 Å². The summed E-state index contributed by atoms with van der Waals surface area (Å²) in [5.41, 5.74) is 7.96. The minimum absolute atomic E-state index is 0.130. The Morgan fingerprint density at radius 3 is 2.83 bits per heavy atom. The fourth-order valence-corrected chi connectivity index (χ4v) is 2.25. The van der Waals surface area contributed by atoms with Gasteiger partial charge in [0.15, 0.2) is 0 Å². The predicted molar refractivity (Wildman–Crippen MR) is 73.6 cm³/mol. The number of nitrogens with zero attached hydrogens (tertiary/aromatic N) is 1. The molecule has 1 heterocycles. The number of amides is 1. The number of aryl methyl sites for hydroxylation is 2. The first-order valence-corrected chi connectivity index (χ1v) is 6.43. The van der Waals surface area contributed by atoms with E-state index in [0.717, 1.165) is 15.4 Å². The lowest BCUT2D eigenvalue weighted by molar-refractivity contribution is 0.0951. The Labute approximate surface area is 110 Å². The lowest BCUT2D eigenvalue weighted by Crippen LogP contribution is -2.22. The van der Waals surface area contributed by atoms with Crippen molar-refractivity contribution in [2.75, 3.05) is 5.73 Å². The van der Waals surface area contributed by atoms with Crippen molar-refractivity contribution in [3.05, 3.63) is 45.4 Å². The lowest BCUT2D eigenvalue weighted by atomic mass is 10.1. The second-order valence-corrected chi connectivity index (χ2v) is 5.44. The molecule has 0 saturated carbocycles. The van der Waals surface area contributed by atoms with E-state index in [0.29, 0.717) is 17.8 Å². The first-order valence-electron chi connectivity index (χ1n) is 5.62. The van der Waals surface area contributed by atoms with Crippen LogP contribution in [0.15, 0.2) is 24.4 Å². The minimum atomic E-state index is -0.130. The van der Waals surface area contributed by atoms with Crippen LogP contribution in [0.5, 0.6) is 0 Å². The Balaban J connectivity index is 2.01. The van der Waals surface area contributed by atoms with Crippen LogP contribution in [-0.2, 0) is 6.54 Å². The number of hydrogen-bond donors (Lipinski definition) is 2. The third kappa shape index (κ3) is 2.87. The molecule has 0 unspecified atom stereocenters. The number of nitrogens with one attached hydrogen (secondary N) is 1. The summed E-state index contributed by atoms with van der Waals surface area (Å²) in [5, 5.41) is 3.73. The molecule has 0 fully saturated rings. The van der Waals surface area contributed by atoms with Crippen molar-refractivity contribution in [3.63, 3.8) is 0 Å². The van der Waals surface area contributed by atoms with Gasteiger partial charge < -0.3 is 11.1 Å². The number of benzene rings is 1. The number of nitrogen functional groups attached to an aromatic ring is 1. The minimum Gasteiger partial charge on any atom is -0.398 e. The Morgan fingerprint density at radius 1 is 1.44 bits per heavy atom. The summed E-state index contributed by atoms with van der Waals surface area (Å²) in [7, 11) is 0. The highest BCUT2D eigenvalue weighted by Gasteiger charge is 2.07. The largest absolute Gasteiger partial charge is 0.398 e. The fraction of sp³-hybridized carbons (Fsp3) is 0.231. The van der Waals surface area contributed by atoms with Crippen LogP contribution in [0.2, 0.25) is 0 Å². The number of nitrogens with two attached hydrogens (primary N) is 1. The van der Waals surface area contributed by atoms with Gasteiger partial charge in [0, 0.05) is 22.3 Å². The van der Waals surface area contributed by atoms with Crippen LogP contribution < -0.4 is 11.1 Å². The number of thiazole rings is 1. The predicted octanol–water partition coefficient (Wildman–Crippen LogP) is 2.27. The molecule has 1 aromatic carbocycles. The van der Waals surface area contributed by atoms with Crippen molar-refractivity contribution in [1.29, 1.82) is 0 Å². The second kappa shape index (κ2) is 5.18. The maximum atomic E-state index is 11.9. The van der Waals surface area contributed by atoms with Crippen LogP contribution in [0, 0.1) is 13.8 Å². The molecule has 2 aromatic rings. The number of carbonyl (C=O) groups is 1. The Hall–Kier alpha value is -1.88. The summed E-state index contributed by atoms with van der Waals surface area (Å²) in [6.45, 7) is 4.35. The first kappa shape index (κ1) is 12.6. The molecule has 18 heavy (non-hydrogen) atoms. The van der Waals surface area contributed by atoms with Gasteiger partial charge in [-0.1, -0.05) is 6.07 Å². The van der Waals surface area contributed by atoms with E-state index in [-0.39, 0.29) is 5.91 Å². The summed E-state index contributed by atoms with van der Waals surface area (Å²) < 4.78 is 0. The molecule has 4 nitrogen and oxygen atoms in total. The van der Waals surface area contributed by atoms with Crippen LogP contribution in [0.1, 0.15) is 25.8 Å². The van der Waals surface area contributed by atoms with E-state index in [2.05, 4.69) is 10.3 Å². The standard InChI is InChI=1S/C13H15N3OS/c1-8-3-4-10(5-11(8)14)13(17)16-7-12-15-6-9(2)18-12/h3-6H,7,14H2,1-2H3,(H,16,17). The average molecular weight is 261 g/mol. The van der Waals surface area contributed by atoms with Crippen molar-refractivity contribution in [2.45, 2.75) is 20.4 Å². The number of hydrogen-bond acceptors (Lipinski definition) is 4. The highest BCUT2D eigenvalue weighted by molar-refractivity contribution is 7.11. The lowest BCUT2D eigenvalue weighted by Gasteiger charge is -2.05. The molecule has 0 bridgehead atoms. The summed E-state index contributed by atoms with van der Waals surface area (Å²) in [4.78, 5) is 17.2. The van der Waals surface area contributed by atoms with Gasteiger partial charge in [-0.3, -0.25) is 4.79 Å². The molecule has 0 radical (unpaired) electrons. The topological polar surface area (TPSA) is 68.0 Å². The van der Waals surface area contributed by atoms with Crippen LogP contribution in [0.3, 0.4) is 0 Å². The fourth-order valence-electron chi connectivity index (χ4n) is 1.52. The molecule has 0 saturated heterocycles. The van der Waals surface area contributed by atoms with E-state index in [1.165, 1.54) is 0 Å². The normalized spacial score (nSPS) is 10.3. The maximum absolute atomic E-state index is 11.9. The molecule has 0 spiro atoms. The highest BCUT2D eigenvalue weighted by Crippen LogP contribution is 2.14. The SMILES string of the molecule is Cc1cnc(CNC(=O)c2ccc(C)c(N)c2)s1. The number of carbonyl (C=O) groups excluding carboxylic acids is 1. The zero-order chi connectivity index (χ0) is 13.1. The zero-order valence-electron chi connectivity index (χ0n) is 10.4. The molecular weight excluding hydrogens is 246 g/mol. The zero-order valence-corrected chi connectivity index (χ0v) is 11.2. The molecule has 94 valence electrons. The quantitative estimate of drug-likeness (QED) is 0.833. The molecule has 1 amide bonds. The summed E-state index contributed by atoms with van der Waals surface area (Å²) in [6, 6.07) is 5.31. The van der Waals surface area contributed by atoms with Gasteiger partial charge in [0.05, 0.1) is 6.54 Å². The molecule has 5 heteroatoms. The number of anilines is 1. The molecule has 0 atom stereocenters. The average Bonchev–Trinajstić information content (AvgIpc) is 2.75. The van der Waals surface area contributed by atoms with Crippen molar-refractivity contribution in [3.8, 4) is 0 Å². The Morgan fingerprint density at radius 2 is 2.22 bits per heavy atom. The molecule has 1 aromatic heterocycles. The third-order valence-corrected chi connectivity index (χ3v) is 3.52. The van der Waals surface area contributed by atoms with Gasteiger partial charge in [0.25, 0.3) is 5.91 Å². The molecule has 0 aliphatic heterocycles. The monoisotopic (exact) mass is 261 g/mol. The van der Waals surface area contributed by atoms with Crippen LogP contribution in [0.25, 0.3) is 0 Å². The first-order chi connectivity index (χ1) is 8.56. The summed E-state index contributed by atoms with van der Waals surface area (Å²) in [5.74, 6) is -0.130. The van der Waals surface area contributed by atoms with E-state index in [1.54, 1.807) is 29.7 Å². The number of rotatable bonds is 3. The molecule has 3 N–H and O–H groups in total. The number of aromatic nitrogens is 1. The van der Waals surface area contributed by atoms with E-state index < -0.39 is 0 Å². The van der Waals surface area contributed by atoms with Crippen molar-refractivity contribution in [1.82, 2.24) is 10.3 Å². The second-order valence-electron chi connectivity index (χ2n) is 4.12. The third-order valence-electron chi connectivity index (χ3n) is 2.61. The van der Waals surface area contributed by atoms with Crippen molar-refractivity contribution in [2.24, 2.45) is 0 Å². The summed E-state index contributed by atoms with van der Waals surface area (Å²) in [6.07, 6.45) is 1.80. The molecular formula is C13H15N3OS. The molecule has 0 aliphatic rings. The van der Waals surface area contributed by atoms with E-state index >= 15 is 0 Å². The Kier molecular flexibility index (Phi) is 3.62. The van der Waals surface area contributed by atoms with E-state index in [1.807, 2.05) is 19.9 Å². The van der Waals surface area contributed by atoms with Gasteiger partial charge in [-0.15, -0.1) is 11.3 Å². The van der Waals surface area contributed by atoms with Crippen molar-refractivity contribution < 1.29 is 4.79 Å². The van der Waals surface area contributed by atoms with Gasteiger partial charge in [-0.05, 0) is 31.5 Å². The molecule has 0 aliphatic carbocycles. The van der Waals surface area contributed by atoms with Crippen LogP contribution in [0.4, 0.5) is 5.69 Å². The van der Waals surface area contributed by atoms with Gasteiger partial charge >= 0.3 is 0 Å². The van der Waals surface area contributed by atoms with E-state index in [4.69, 9.17) is 5.73 Å². The van der Waals surface area contributed by atoms with Gasteiger partial charge in [-0.2, -0.15) is 0 Å². The smallest absolute Gasteiger partial charge is 0.251 e. The maximum Gasteiger partial charge on any atom is 0.251 e. The molecule has 2 rings (SSSR count). The highest BCUT2D eigenvalue weighted by atomic mass is 32.1. The van der Waals surface area contributed by atoms with Gasteiger partial charge in [-0.25, -0.2) is 4.98 Å². The summed E-state index contributed by atoms with van der Waals surface area (Å²) >= 11 is 1.58.